The molecule has 2 aromatic carbocycles. The fourth-order valence-electron chi connectivity index (χ4n) is 2.04. The van der Waals surface area contributed by atoms with Gasteiger partial charge in [-0.25, -0.2) is 4.68 Å². The Morgan fingerprint density at radius 1 is 1.06 bits per heavy atom. The van der Waals surface area contributed by atoms with E-state index in [2.05, 4.69) is 5.10 Å². The molecule has 1 heterocycles. The van der Waals surface area contributed by atoms with Crippen LogP contribution in [0.4, 0.5) is 0 Å². The van der Waals surface area contributed by atoms with E-state index in [1.165, 1.54) is 0 Å². The van der Waals surface area contributed by atoms with E-state index >= 15 is 0 Å². The Hall–Kier alpha value is -1.51. The van der Waals surface area contributed by atoms with Crippen LogP contribution in [0.2, 0.25) is 5.02 Å². The van der Waals surface area contributed by atoms with E-state index in [1.54, 1.807) is 0 Å². The van der Waals surface area contributed by atoms with Crippen molar-refractivity contribution in [2.75, 3.05) is 0 Å². The minimum atomic E-state index is 0.364. The van der Waals surface area contributed by atoms with Crippen LogP contribution in [-0.2, 0) is 5.88 Å². The summed E-state index contributed by atoms with van der Waals surface area (Å²) in [4.78, 5) is 0. The van der Waals surface area contributed by atoms with Crippen LogP contribution < -0.4 is 0 Å². The number of para-hydroxylation sites is 1. The van der Waals surface area contributed by atoms with Gasteiger partial charge in [-0.3, -0.25) is 0 Å². The van der Waals surface area contributed by atoms with Crippen LogP contribution in [0.3, 0.4) is 0 Å². The molecular weight excluding hydrogens is 267 g/mol. The van der Waals surface area contributed by atoms with Gasteiger partial charge < -0.3 is 0 Å². The molecule has 3 aromatic rings. The second-order valence-electron chi connectivity index (χ2n) is 3.99. The van der Waals surface area contributed by atoms with Crippen molar-refractivity contribution in [3.05, 3.63) is 59.2 Å². The first-order valence-corrected chi connectivity index (χ1v) is 6.49. The second kappa shape index (κ2) is 4.63. The molecule has 90 valence electrons. The van der Waals surface area contributed by atoms with Crippen molar-refractivity contribution in [1.82, 2.24) is 9.78 Å². The molecular formula is C14H10Cl2N2. The molecule has 0 bridgehead atoms. The fourth-order valence-corrected chi connectivity index (χ4v) is 2.63. The highest BCUT2D eigenvalue weighted by Crippen LogP contribution is 2.27. The molecule has 0 radical (unpaired) electrons. The van der Waals surface area contributed by atoms with E-state index in [4.69, 9.17) is 23.2 Å². The average Bonchev–Trinajstić information content (AvgIpc) is 2.82. The van der Waals surface area contributed by atoms with E-state index in [0.29, 0.717) is 10.9 Å². The molecule has 0 aliphatic carbocycles. The van der Waals surface area contributed by atoms with Crippen LogP contribution in [0, 0.1) is 0 Å². The maximum absolute atomic E-state index is 6.17. The maximum atomic E-state index is 6.17. The van der Waals surface area contributed by atoms with Crippen LogP contribution in [0.15, 0.2) is 48.7 Å². The minimum absolute atomic E-state index is 0.364. The molecule has 0 saturated carbocycles. The summed E-state index contributed by atoms with van der Waals surface area (Å²) < 4.78 is 1.87. The van der Waals surface area contributed by atoms with E-state index in [9.17, 15) is 0 Å². The zero-order valence-corrected chi connectivity index (χ0v) is 11.0. The summed E-state index contributed by atoms with van der Waals surface area (Å²) in [6.45, 7) is 0. The Bertz CT molecular complexity index is 704. The van der Waals surface area contributed by atoms with Gasteiger partial charge in [0, 0.05) is 16.0 Å². The Labute approximate surface area is 115 Å². The molecule has 0 aliphatic rings. The first kappa shape index (κ1) is 11.6. The predicted octanol–water partition coefficient (Wildman–Crippen LogP) is 4.42. The Kier molecular flexibility index (Phi) is 2.98. The number of alkyl halides is 1. The topological polar surface area (TPSA) is 17.8 Å². The lowest BCUT2D eigenvalue weighted by atomic mass is 10.2. The van der Waals surface area contributed by atoms with Gasteiger partial charge in [-0.2, -0.15) is 5.10 Å². The molecule has 0 unspecified atom stereocenters. The third kappa shape index (κ3) is 1.78. The highest BCUT2D eigenvalue weighted by atomic mass is 35.5. The van der Waals surface area contributed by atoms with E-state index in [1.807, 2.05) is 53.3 Å². The van der Waals surface area contributed by atoms with Gasteiger partial charge in [-0.1, -0.05) is 35.9 Å². The normalized spacial score (nSPS) is 11.0. The third-order valence-corrected chi connectivity index (χ3v) is 3.55. The van der Waals surface area contributed by atoms with Crippen LogP contribution in [0.25, 0.3) is 16.6 Å². The van der Waals surface area contributed by atoms with Gasteiger partial charge >= 0.3 is 0 Å². The lowest BCUT2D eigenvalue weighted by molar-refractivity contribution is 0.900. The van der Waals surface area contributed by atoms with Gasteiger partial charge in [0.15, 0.2) is 0 Å². The van der Waals surface area contributed by atoms with E-state index < -0.39 is 0 Å². The lowest BCUT2D eigenvalue weighted by Gasteiger charge is -2.10. The maximum Gasteiger partial charge on any atom is 0.0741 e. The van der Waals surface area contributed by atoms with Crippen molar-refractivity contribution in [3.8, 4) is 5.69 Å². The number of benzene rings is 2. The number of aromatic nitrogens is 2. The highest BCUT2D eigenvalue weighted by molar-refractivity contribution is 6.32. The smallest absolute Gasteiger partial charge is 0.0741 e. The second-order valence-corrected chi connectivity index (χ2v) is 4.66. The first-order chi connectivity index (χ1) is 8.81. The number of rotatable bonds is 2. The van der Waals surface area contributed by atoms with Gasteiger partial charge in [-0.05, 0) is 18.2 Å². The van der Waals surface area contributed by atoms with Gasteiger partial charge in [0.1, 0.15) is 0 Å². The van der Waals surface area contributed by atoms with Crippen LogP contribution >= 0.6 is 23.2 Å². The molecule has 0 spiro atoms. The molecule has 2 nitrogen and oxygen atoms in total. The Morgan fingerprint density at radius 3 is 2.72 bits per heavy atom. The SMILES string of the molecule is ClCc1c(Cl)cccc1-n1ncc2ccccc21. The average molecular weight is 277 g/mol. The number of nitrogens with zero attached hydrogens (tertiary/aromatic N) is 2. The Morgan fingerprint density at radius 2 is 1.89 bits per heavy atom. The molecule has 0 fully saturated rings. The summed E-state index contributed by atoms with van der Waals surface area (Å²) in [6, 6.07) is 13.8. The molecule has 0 amide bonds. The van der Waals surface area contributed by atoms with Crippen molar-refractivity contribution in [1.29, 1.82) is 0 Å². The van der Waals surface area contributed by atoms with E-state index in [-0.39, 0.29) is 0 Å². The number of halogens is 2. The van der Waals surface area contributed by atoms with Crippen molar-refractivity contribution in [3.63, 3.8) is 0 Å². The molecule has 0 atom stereocenters. The number of hydrogen-bond donors (Lipinski definition) is 0. The van der Waals surface area contributed by atoms with Gasteiger partial charge in [0.25, 0.3) is 0 Å². The molecule has 18 heavy (non-hydrogen) atoms. The number of hydrogen-bond acceptors (Lipinski definition) is 1. The molecule has 1 aromatic heterocycles. The third-order valence-electron chi connectivity index (χ3n) is 2.93. The fraction of sp³-hybridized carbons (Fsp3) is 0.0714. The summed E-state index contributed by atoms with van der Waals surface area (Å²) in [5.74, 6) is 0.364. The molecule has 0 saturated heterocycles. The monoisotopic (exact) mass is 276 g/mol. The van der Waals surface area contributed by atoms with Gasteiger partial charge in [-0.15, -0.1) is 11.6 Å². The van der Waals surface area contributed by atoms with E-state index in [0.717, 1.165) is 22.2 Å². The van der Waals surface area contributed by atoms with Crippen LogP contribution in [0.5, 0.6) is 0 Å². The molecule has 3 rings (SSSR count). The molecule has 4 heteroatoms. The standard InChI is InChI=1S/C14H10Cl2N2/c15-8-11-12(16)5-3-7-14(11)18-13-6-2-1-4-10(13)9-17-18/h1-7,9H,8H2. The van der Waals surface area contributed by atoms with Crippen LogP contribution in [-0.4, -0.2) is 9.78 Å². The zero-order chi connectivity index (χ0) is 12.5. The highest BCUT2D eigenvalue weighted by Gasteiger charge is 2.10. The summed E-state index contributed by atoms with van der Waals surface area (Å²) in [6.07, 6.45) is 1.84. The quantitative estimate of drug-likeness (QED) is 0.634. The zero-order valence-electron chi connectivity index (χ0n) is 9.48. The summed E-state index contributed by atoms with van der Waals surface area (Å²) >= 11 is 12.2. The minimum Gasteiger partial charge on any atom is -0.233 e. The summed E-state index contributed by atoms with van der Waals surface area (Å²) in [7, 11) is 0. The first-order valence-electron chi connectivity index (χ1n) is 5.58. The lowest BCUT2D eigenvalue weighted by Crippen LogP contribution is -2.00. The van der Waals surface area contributed by atoms with Gasteiger partial charge in [0.2, 0.25) is 0 Å². The van der Waals surface area contributed by atoms with Crippen LogP contribution in [0.1, 0.15) is 5.56 Å². The summed E-state index contributed by atoms with van der Waals surface area (Å²) in [5.41, 5.74) is 2.87. The van der Waals surface area contributed by atoms with Crippen molar-refractivity contribution < 1.29 is 0 Å². The van der Waals surface area contributed by atoms with Crippen molar-refractivity contribution >= 4 is 34.1 Å². The largest absolute Gasteiger partial charge is 0.233 e. The predicted molar refractivity (Wildman–Crippen MR) is 75.6 cm³/mol. The number of fused-ring (bicyclic) bond motifs is 1. The molecule has 0 N–H and O–H groups in total. The van der Waals surface area contributed by atoms with Gasteiger partial charge in [0.05, 0.1) is 23.3 Å². The molecule has 0 aliphatic heterocycles. The van der Waals surface area contributed by atoms with Crippen molar-refractivity contribution in [2.45, 2.75) is 5.88 Å². The van der Waals surface area contributed by atoms with Crippen molar-refractivity contribution in [2.24, 2.45) is 0 Å². The summed E-state index contributed by atoms with van der Waals surface area (Å²) in [5, 5.41) is 6.18. The Balaban J connectivity index is 2.30.